The van der Waals surface area contributed by atoms with Crippen molar-refractivity contribution < 1.29 is 9.50 Å². The van der Waals surface area contributed by atoms with Crippen LogP contribution in [0.15, 0.2) is 18.2 Å². The molecule has 0 aliphatic rings. The molecule has 0 aromatic heterocycles. The van der Waals surface area contributed by atoms with E-state index in [2.05, 4.69) is 5.32 Å². The van der Waals surface area contributed by atoms with Crippen molar-refractivity contribution in [1.29, 1.82) is 0 Å². The molecule has 0 aliphatic heterocycles. The Kier molecular flexibility index (Phi) is 4.32. The smallest absolute Gasteiger partial charge is 0.146 e. The maximum Gasteiger partial charge on any atom is 0.146 e. The first-order valence-corrected chi connectivity index (χ1v) is 4.80. The Balaban J connectivity index is 2.54. The maximum absolute atomic E-state index is 13.3. The molecule has 0 spiro atoms. The van der Waals surface area contributed by atoms with Gasteiger partial charge in [-0.15, -0.1) is 0 Å². The van der Waals surface area contributed by atoms with E-state index in [9.17, 15) is 4.39 Å². The highest BCUT2D eigenvalue weighted by molar-refractivity contribution is 6.30. The Hall–Kier alpha value is -0.640. The van der Waals surface area contributed by atoms with Crippen molar-refractivity contribution in [3.05, 3.63) is 34.6 Å². The van der Waals surface area contributed by atoms with Crippen LogP contribution in [0.3, 0.4) is 0 Å². The first-order valence-electron chi connectivity index (χ1n) is 4.43. The standard InChI is InChI=1S/C10H13ClFNO/c1-7(14)5-13-6-8-3-2-4-9(11)10(8)12/h2-4,7,13-14H,5-6H2,1H3/t7-/m0/s1. The number of nitrogens with one attached hydrogen (secondary N) is 1. The van der Waals surface area contributed by atoms with E-state index in [0.717, 1.165) is 0 Å². The third kappa shape index (κ3) is 3.25. The molecule has 78 valence electrons. The molecule has 0 fully saturated rings. The Morgan fingerprint density at radius 1 is 1.57 bits per heavy atom. The van der Waals surface area contributed by atoms with Crippen molar-refractivity contribution in [2.24, 2.45) is 0 Å². The third-order valence-electron chi connectivity index (χ3n) is 1.79. The average Bonchev–Trinajstić information content (AvgIpc) is 2.12. The summed E-state index contributed by atoms with van der Waals surface area (Å²) < 4.78 is 13.3. The lowest BCUT2D eigenvalue weighted by atomic mass is 10.2. The number of aliphatic hydroxyl groups excluding tert-OH is 1. The summed E-state index contributed by atoms with van der Waals surface area (Å²) in [6, 6.07) is 4.87. The SMILES string of the molecule is C[C@H](O)CNCc1cccc(Cl)c1F. The summed E-state index contributed by atoms with van der Waals surface area (Å²) >= 11 is 5.60. The van der Waals surface area contributed by atoms with E-state index in [1.165, 1.54) is 6.07 Å². The molecule has 0 amide bonds. The minimum Gasteiger partial charge on any atom is -0.392 e. The van der Waals surface area contributed by atoms with Crippen molar-refractivity contribution in [3.8, 4) is 0 Å². The minimum atomic E-state index is -0.433. The van der Waals surface area contributed by atoms with E-state index in [0.29, 0.717) is 18.7 Å². The molecule has 1 aromatic rings. The van der Waals surface area contributed by atoms with Gasteiger partial charge in [0.2, 0.25) is 0 Å². The Bertz CT molecular complexity index is 304. The molecule has 14 heavy (non-hydrogen) atoms. The molecule has 0 saturated heterocycles. The molecule has 0 aliphatic carbocycles. The number of benzene rings is 1. The van der Waals surface area contributed by atoms with E-state index < -0.39 is 11.9 Å². The van der Waals surface area contributed by atoms with Crippen LogP contribution < -0.4 is 5.32 Å². The molecule has 1 aromatic carbocycles. The highest BCUT2D eigenvalue weighted by Gasteiger charge is 2.05. The fourth-order valence-electron chi connectivity index (χ4n) is 1.10. The van der Waals surface area contributed by atoms with Crippen LogP contribution in [0, 0.1) is 5.82 Å². The zero-order valence-corrected chi connectivity index (χ0v) is 8.68. The molecule has 0 unspecified atom stereocenters. The predicted octanol–water partition coefficient (Wildman–Crippen LogP) is 1.95. The van der Waals surface area contributed by atoms with Crippen molar-refractivity contribution in [1.82, 2.24) is 5.32 Å². The van der Waals surface area contributed by atoms with Crippen LogP contribution in [-0.4, -0.2) is 17.8 Å². The second kappa shape index (κ2) is 5.29. The van der Waals surface area contributed by atoms with Gasteiger partial charge in [0.1, 0.15) is 5.82 Å². The molecule has 4 heteroatoms. The van der Waals surface area contributed by atoms with Crippen LogP contribution in [0.2, 0.25) is 5.02 Å². The second-order valence-electron chi connectivity index (χ2n) is 3.19. The number of hydrogen-bond acceptors (Lipinski definition) is 2. The van der Waals surface area contributed by atoms with E-state index in [4.69, 9.17) is 16.7 Å². The van der Waals surface area contributed by atoms with E-state index in [-0.39, 0.29) is 5.02 Å². The molecule has 1 rings (SSSR count). The van der Waals surface area contributed by atoms with Crippen molar-refractivity contribution in [3.63, 3.8) is 0 Å². The van der Waals surface area contributed by atoms with Crippen LogP contribution >= 0.6 is 11.6 Å². The summed E-state index contributed by atoms with van der Waals surface area (Å²) in [5, 5.41) is 12.0. The largest absolute Gasteiger partial charge is 0.392 e. The summed E-state index contributed by atoms with van der Waals surface area (Å²) in [6.07, 6.45) is -0.433. The first kappa shape index (κ1) is 11.4. The maximum atomic E-state index is 13.3. The fourth-order valence-corrected chi connectivity index (χ4v) is 1.29. The van der Waals surface area contributed by atoms with Gasteiger partial charge in [-0.1, -0.05) is 23.7 Å². The summed E-state index contributed by atoms with van der Waals surface area (Å²) in [7, 11) is 0. The van der Waals surface area contributed by atoms with E-state index >= 15 is 0 Å². The van der Waals surface area contributed by atoms with Crippen molar-refractivity contribution >= 4 is 11.6 Å². The normalized spacial score (nSPS) is 12.9. The van der Waals surface area contributed by atoms with E-state index in [1.807, 2.05) is 0 Å². The molecule has 0 bridgehead atoms. The summed E-state index contributed by atoms with van der Waals surface area (Å²) in [5.41, 5.74) is 0.512. The highest BCUT2D eigenvalue weighted by Crippen LogP contribution is 2.17. The second-order valence-corrected chi connectivity index (χ2v) is 3.60. The summed E-state index contributed by atoms with van der Waals surface area (Å²) in [4.78, 5) is 0. The van der Waals surface area contributed by atoms with Crippen LogP contribution in [0.4, 0.5) is 4.39 Å². The van der Waals surface area contributed by atoms with Gasteiger partial charge in [-0.2, -0.15) is 0 Å². The predicted molar refractivity (Wildman–Crippen MR) is 54.8 cm³/mol. The molecule has 0 heterocycles. The van der Waals surface area contributed by atoms with Gasteiger partial charge < -0.3 is 10.4 Å². The molecule has 2 N–H and O–H groups in total. The minimum absolute atomic E-state index is 0.126. The van der Waals surface area contributed by atoms with Crippen LogP contribution in [0.1, 0.15) is 12.5 Å². The van der Waals surface area contributed by atoms with Gasteiger partial charge in [-0.3, -0.25) is 0 Å². The Labute approximate surface area is 87.7 Å². The number of halogens is 2. The van der Waals surface area contributed by atoms with Gasteiger partial charge in [0.25, 0.3) is 0 Å². The lowest BCUT2D eigenvalue weighted by Gasteiger charge is -2.08. The Morgan fingerprint density at radius 3 is 2.93 bits per heavy atom. The summed E-state index contributed by atoms with van der Waals surface area (Å²) in [6.45, 7) is 2.48. The fraction of sp³-hybridized carbons (Fsp3) is 0.400. The Morgan fingerprint density at radius 2 is 2.29 bits per heavy atom. The molecule has 0 radical (unpaired) electrons. The lowest BCUT2D eigenvalue weighted by molar-refractivity contribution is 0.191. The first-order chi connectivity index (χ1) is 6.61. The van der Waals surface area contributed by atoms with Crippen LogP contribution in [0.5, 0.6) is 0 Å². The molecular weight excluding hydrogens is 205 g/mol. The topological polar surface area (TPSA) is 32.3 Å². The molecule has 2 nitrogen and oxygen atoms in total. The zero-order chi connectivity index (χ0) is 10.6. The zero-order valence-electron chi connectivity index (χ0n) is 7.93. The van der Waals surface area contributed by atoms with Gasteiger partial charge in [0.15, 0.2) is 0 Å². The van der Waals surface area contributed by atoms with Gasteiger partial charge in [-0.25, -0.2) is 4.39 Å². The number of aliphatic hydroxyl groups is 1. The van der Waals surface area contributed by atoms with Gasteiger partial charge in [0.05, 0.1) is 11.1 Å². The van der Waals surface area contributed by atoms with Crippen molar-refractivity contribution in [2.75, 3.05) is 6.54 Å². The quantitative estimate of drug-likeness (QED) is 0.808. The monoisotopic (exact) mass is 217 g/mol. The third-order valence-corrected chi connectivity index (χ3v) is 2.08. The number of rotatable bonds is 4. The van der Waals surface area contributed by atoms with Crippen LogP contribution in [-0.2, 0) is 6.54 Å². The molecule has 1 atom stereocenters. The van der Waals surface area contributed by atoms with Crippen LogP contribution in [0.25, 0.3) is 0 Å². The van der Waals surface area contributed by atoms with Gasteiger partial charge in [-0.05, 0) is 13.0 Å². The highest BCUT2D eigenvalue weighted by atomic mass is 35.5. The van der Waals surface area contributed by atoms with E-state index in [1.54, 1.807) is 19.1 Å². The molecule has 0 saturated carbocycles. The lowest BCUT2D eigenvalue weighted by Crippen LogP contribution is -2.24. The van der Waals surface area contributed by atoms with Crippen molar-refractivity contribution in [2.45, 2.75) is 19.6 Å². The average molecular weight is 218 g/mol. The molecular formula is C10H13ClFNO. The number of hydrogen-bond donors (Lipinski definition) is 2. The summed E-state index contributed by atoms with van der Waals surface area (Å²) in [5.74, 6) is -0.396. The van der Waals surface area contributed by atoms with Gasteiger partial charge >= 0.3 is 0 Å². The van der Waals surface area contributed by atoms with Gasteiger partial charge in [0, 0.05) is 18.7 Å².